The summed E-state index contributed by atoms with van der Waals surface area (Å²) in [5, 5.41) is 11.8. The Morgan fingerprint density at radius 1 is 1.64 bits per heavy atom. The fourth-order valence-corrected chi connectivity index (χ4v) is 1.90. The first-order valence-electron chi connectivity index (χ1n) is 5.35. The van der Waals surface area contributed by atoms with Crippen molar-refractivity contribution in [1.29, 1.82) is 0 Å². The zero-order valence-corrected chi connectivity index (χ0v) is 8.70. The molecule has 0 aromatic heterocycles. The van der Waals surface area contributed by atoms with Crippen LogP contribution in [0, 0.1) is 5.92 Å². The lowest BCUT2D eigenvalue weighted by Gasteiger charge is -2.19. The molecule has 4 N–H and O–H groups in total. The number of aliphatic hydroxyl groups excluding tert-OH is 1. The normalized spacial score (nSPS) is 28.8. The Kier molecular flexibility index (Phi) is 4.35. The summed E-state index contributed by atoms with van der Waals surface area (Å²) in [4.78, 5) is 11.7. The Morgan fingerprint density at radius 2 is 2.36 bits per heavy atom. The number of carbonyl (C=O) groups is 1. The molecular formula is C10H20N2O2. The van der Waals surface area contributed by atoms with Crippen molar-refractivity contribution in [2.24, 2.45) is 11.7 Å². The Balaban J connectivity index is 2.40. The number of hydrogen-bond donors (Lipinski definition) is 3. The van der Waals surface area contributed by atoms with Crippen molar-refractivity contribution in [1.82, 2.24) is 5.32 Å². The minimum atomic E-state index is -0.115. The summed E-state index contributed by atoms with van der Waals surface area (Å²) in [5.41, 5.74) is 5.82. The molecule has 14 heavy (non-hydrogen) atoms. The van der Waals surface area contributed by atoms with Crippen LogP contribution in [0.25, 0.3) is 0 Å². The highest BCUT2D eigenvalue weighted by molar-refractivity contribution is 5.80. The molecule has 1 aliphatic carbocycles. The second kappa shape index (κ2) is 5.32. The molecule has 4 heteroatoms. The topological polar surface area (TPSA) is 75.3 Å². The molecule has 82 valence electrons. The summed E-state index contributed by atoms with van der Waals surface area (Å²) in [6.07, 6.45) is 3.61. The Hall–Kier alpha value is -0.610. The molecule has 3 atom stereocenters. The van der Waals surface area contributed by atoms with E-state index >= 15 is 0 Å². The molecule has 1 saturated carbocycles. The van der Waals surface area contributed by atoms with Crippen LogP contribution in [0.3, 0.4) is 0 Å². The van der Waals surface area contributed by atoms with Gasteiger partial charge in [-0.05, 0) is 19.3 Å². The van der Waals surface area contributed by atoms with E-state index < -0.39 is 0 Å². The Labute approximate surface area is 84.9 Å². The molecule has 0 heterocycles. The van der Waals surface area contributed by atoms with E-state index in [1.54, 1.807) is 0 Å². The minimum Gasteiger partial charge on any atom is -0.394 e. The maximum Gasteiger partial charge on any atom is 0.224 e. The smallest absolute Gasteiger partial charge is 0.224 e. The van der Waals surface area contributed by atoms with Crippen molar-refractivity contribution in [2.75, 3.05) is 6.61 Å². The van der Waals surface area contributed by atoms with Gasteiger partial charge in [-0.15, -0.1) is 0 Å². The van der Waals surface area contributed by atoms with Crippen LogP contribution in [0.1, 0.15) is 32.6 Å². The standard InChI is InChI=1S/C10H20N2O2/c1-2-7(6-13)12-10(14)8-4-3-5-9(8)11/h7-9,13H,2-6,11H2,1H3,(H,12,14)/t7-,8?,9?/m0/s1. The van der Waals surface area contributed by atoms with E-state index in [0.717, 1.165) is 25.7 Å². The molecule has 0 spiro atoms. The van der Waals surface area contributed by atoms with Crippen molar-refractivity contribution in [2.45, 2.75) is 44.7 Å². The third-order valence-electron chi connectivity index (χ3n) is 2.97. The highest BCUT2D eigenvalue weighted by atomic mass is 16.3. The lowest BCUT2D eigenvalue weighted by Crippen LogP contribution is -2.44. The molecule has 0 aromatic carbocycles. The van der Waals surface area contributed by atoms with Gasteiger partial charge in [0, 0.05) is 6.04 Å². The lowest BCUT2D eigenvalue weighted by molar-refractivity contribution is -0.126. The predicted molar refractivity (Wildman–Crippen MR) is 54.6 cm³/mol. The van der Waals surface area contributed by atoms with Gasteiger partial charge in [0.25, 0.3) is 0 Å². The van der Waals surface area contributed by atoms with Gasteiger partial charge in [0.05, 0.1) is 18.6 Å². The molecule has 4 nitrogen and oxygen atoms in total. The summed E-state index contributed by atoms with van der Waals surface area (Å²) in [7, 11) is 0. The van der Waals surface area contributed by atoms with Crippen molar-refractivity contribution in [3.8, 4) is 0 Å². The van der Waals surface area contributed by atoms with Crippen molar-refractivity contribution in [3.63, 3.8) is 0 Å². The van der Waals surface area contributed by atoms with Crippen LogP contribution in [0.2, 0.25) is 0 Å². The number of aliphatic hydroxyl groups is 1. The maximum absolute atomic E-state index is 11.7. The second-order valence-corrected chi connectivity index (χ2v) is 4.00. The van der Waals surface area contributed by atoms with Gasteiger partial charge in [-0.2, -0.15) is 0 Å². The van der Waals surface area contributed by atoms with E-state index in [-0.39, 0.29) is 30.5 Å². The number of rotatable bonds is 4. The summed E-state index contributed by atoms with van der Waals surface area (Å²) in [5.74, 6) is -0.0356. The molecule has 0 saturated heterocycles. The molecule has 1 amide bonds. The molecule has 0 radical (unpaired) electrons. The van der Waals surface area contributed by atoms with Crippen LogP contribution in [-0.2, 0) is 4.79 Å². The molecule has 0 aromatic rings. The van der Waals surface area contributed by atoms with Crippen LogP contribution in [0.15, 0.2) is 0 Å². The summed E-state index contributed by atoms with van der Waals surface area (Å²) in [6.45, 7) is 1.94. The van der Waals surface area contributed by atoms with E-state index in [2.05, 4.69) is 5.32 Å². The number of nitrogens with one attached hydrogen (secondary N) is 1. The van der Waals surface area contributed by atoms with Crippen molar-refractivity contribution < 1.29 is 9.90 Å². The number of nitrogens with two attached hydrogens (primary N) is 1. The van der Waals surface area contributed by atoms with Gasteiger partial charge in [0.1, 0.15) is 0 Å². The average Bonchev–Trinajstić information content (AvgIpc) is 2.60. The lowest BCUT2D eigenvalue weighted by atomic mass is 10.0. The monoisotopic (exact) mass is 200 g/mol. The maximum atomic E-state index is 11.7. The second-order valence-electron chi connectivity index (χ2n) is 4.00. The molecule has 1 fully saturated rings. The van der Waals surface area contributed by atoms with Crippen LogP contribution in [0.5, 0.6) is 0 Å². The van der Waals surface area contributed by atoms with Gasteiger partial charge in [-0.1, -0.05) is 13.3 Å². The number of hydrogen-bond acceptors (Lipinski definition) is 3. The van der Waals surface area contributed by atoms with Crippen molar-refractivity contribution in [3.05, 3.63) is 0 Å². The predicted octanol–water partition coefficient (Wildman–Crippen LogP) is 0.000900. The first kappa shape index (κ1) is 11.5. The van der Waals surface area contributed by atoms with Gasteiger partial charge in [-0.25, -0.2) is 0 Å². The first-order valence-corrected chi connectivity index (χ1v) is 5.35. The Bertz CT molecular complexity index is 193. The zero-order chi connectivity index (χ0) is 10.6. The largest absolute Gasteiger partial charge is 0.394 e. The number of carbonyl (C=O) groups excluding carboxylic acids is 1. The van der Waals surface area contributed by atoms with Gasteiger partial charge in [0.15, 0.2) is 0 Å². The third kappa shape index (κ3) is 2.69. The van der Waals surface area contributed by atoms with E-state index in [0.29, 0.717) is 0 Å². The van der Waals surface area contributed by atoms with Crippen LogP contribution < -0.4 is 11.1 Å². The van der Waals surface area contributed by atoms with Crippen LogP contribution >= 0.6 is 0 Å². The quantitative estimate of drug-likeness (QED) is 0.598. The molecule has 0 bridgehead atoms. The summed E-state index contributed by atoms with van der Waals surface area (Å²) >= 11 is 0. The highest BCUT2D eigenvalue weighted by Crippen LogP contribution is 2.24. The van der Waals surface area contributed by atoms with Gasteiger partial charge < -0.3 is 16.2 Å². The highest BCUT2D eigenvalue weighted by Gasteiger charge is 2.30. The molecule has 0 aliphatic heterocycles. The first-order chi connectivity index (χ1) is 6.69. The van der Waals surface area contributed by atoms with E-state index in [1.807, 2.05) is 6.92 Å². The van der Waals surface area contributed by atoms with Gasteiger partial charge in [0.2, 0.25) is 5.91 Å². The number of amides is 1. The molecular weight excluding hydrogens is 180 g/mol. The fourth-order valence-electron chi connectivity index (χ4n) is 1.90. The van der Waals surface area contributed by atoms with Crippen LogP contribution in [0.4, 0.5) is 0 Å². The third-order valence-corrected chi connectivity index (χ3v) is 2.97. The molecule has 2 unspecified atom stereocenters. The molecule has 1 aliphatic rings. The Morgan fingerprint density at radius 3 is 2.79 bits per heavy atom. The SMILES string of the molecule is CC[C@@H](CO)NC(=O)C1CCCC1N. The minimum absolute atomic E-state index is 0.00416. The zero-order valence-electron chi connectivity index (χ0n) is 8.70. The van der Waals surface area contributed by atoms with Crippen molar-refractivity contribution >= 4 is 5.91 Å². The van der Waals surface area contributed by atoms with Crippen LogP contribution in [-0.4, -0.2) is 29.7 Å². The fraction of sp³-hybridized carbons (Fsp3) is 0.900. The van der Waals surface area contributed by atoms with Gasteiger partial charge >= 0.3 is 0 Å². The van der Waals surface area contributed by atoms with E-state index in [1.165, 1.54) is 0 Å². The average molecular weight is 200 g/mol. The summed E-state index contributed by atoms with van der Waals surface area (Å²) < 4.78 is 0. The van der Waals surface area contributed by atoms with E-state index in [4.69, 9.17) is 10.8 Å². The van der Waals surface area contributed by atoms with E-state index in [9.17, 15) is 4.79 Å². The molecule has 1 rings (SSSR count). The van der Waals surface area contributed by atoms with Gasteiger partial charge in [-0.3, -0.25) is 4.79 Å². The summed E-state index contributed by atoms with van der Waals surface area (Å²) in [6, 6.07) is -0.110.